The second kappa shape index (κ2) is 5.01. The van der Waals surface area contributed by atoms with Gasteiger partial charge in [-0.25, -0.2) is 14.8 Å². The molecule has 2 aromatic rings. The molecule has 18 heavy (non-hydrogen) atoms. The Morgan fingerprint density at radius 3 is 2.67 bits per heavy atom. The Hall–Kier alpha value is -2.14. The van der Waals surface area contributed by atoms with Crippen LogP contribution in [0.2, 0.25) is 5.02 Å². The maximum absolute atomic E-state index is 10.6. The van der Waals surface area contributed by atoms with Crippen LogP contribution in [0.15, 0.2) is 30.6 Å². The summed E-state index contributed by atoms with van der Waals surface area (Å²) in [7, 11) is 0. The number of anilines is 2. The van der Waals surface area contributed by atoms with Crippen LogP contribution >= 0.6 is 11.6 Å². The van der Waals surface area contributed by atoms with Gasteiger partial charge in [0.05, 0.1) is 23.1 Å². The molecule has 2 rings (SSSR count). The van der Waals surface area contributed by atoms with E-state index in [0.717, 1.165) is 11.3 Å². The minimum atomic E-state index is -1.11. The number of hydrogen-bond donors (Lipinski definition) is 2. The third kappa shape index (κ3) is 2.57. The maximum Gasteiger partial charge on any atom is 0.356 e. The zero-order valence-corrected chi connectivity index (χ0v) is 10.3. The van der Waals surface area contributed by atoms with Crippen molar-refractivity contribution in [2.45, 2.75) is 6.92 Å². The second-order valence-corrected chi connectivity index (χ2v) is 4.06. The van der Waals surface area contributed by atoms with Gasteiger partial charge < -0.3 is 10.4 Å². The van der Waals surface area contributed by atoms with Crippen LogP contribution < -0.4 is 5.32 Å². The van der Waals surface area contributed by atoms with Crippen molar-refractivity contribution in [2.24, 2.45) is 0 Å². The first-order valence-electron chi connectivity index (χ1n) is 5.15. The van der Waals surface area contributed by atoms with Crippen molar-refractivity contribution in [2.75, 3.05) is 5.32 Å². The van der Waals surface area contributed by atoms with E-state index in [2.05, 4.69) is 15.3 Å². The number of carbonyl (C=O) groups is 1. The molecule has 0 unspecified atom stereocenters. The number of carboxylic acids is 1. The third-order valence-corrected chi connectivity index (χ3v) is 2.66. The fourth-order valence-corrected chi connectivity index (χ4v) is 1.69. The van der Waals surface area contributed by atoms with Crippen molar-refractivity contribution < 1.29 is 9.90 Å². The number of carboxylic acid groups (broad SMARTS) is 1. The van der Waals surface area contributed by atoms with Gasteiger partial charge in [0.2, 0.25) is 0 Å². The van der Waals surface area contributed by atoms with E-state index < -0.39 is 5.97 Å². The number of nitrogens with zero attached hydrogens (tertiary/aromatic N) is 2. The Balaban J connectivity index is 2.26. The average molecular weight is 264 g/mol. The van der Waals surface area contributed by atoms with Crippen molar-refractivity contribution in [3.63, 3.8) is 0 Å². The summed E-state index contributed by atoms with van der Waals surface area (Å²) in [6.07, 6.45) is 2.54. The lowest BCUT2D eigenvalue weighted by Gasteiger charge is -2.10. The molecule has 1 aromatic heterocycles. The molecular formula is C12H10ClN3O2. The lowest BCUT2D eigenvalue weighted by Crippen LogP contribution is -2.03. The number of aromatic carboxylic acids is 1. The highest BCUT2D eigenvalue weighted by molar-refractivity contribution is 6.33. The lowest BCUT2D eigenvalue weighted by molar-refractivity contribution is 0.0690. The van der Waals surface area contributed by atoms with Crippen LogP contribution in [0.3, 0.4) is 0 Å². The van der Waals surface area contributed by atoms with Crippen LogP contribution in [0.1, 0.15) is 16.1 Å². The summed E-state index contributed by atoms with van der Waals surface area (Å²) in [4.78, 5) is 18.4. The summed E-state index contributed by atoms with van der Waals surface area (Å²) in [5, 5.41) is 12.3. The number of aromatic nitrogens is 2. The molecule has 1 heterocycles. The zero-order valence-electron chi connectivity index (χ0n) is 9.51. The fraction of sp³-hybridized carbons (Fsp3) is 0.0833. The van der Waals surface area contributed by atoms with E-state index in [4.69, 9.17) is 16.7 Å². The minimum Gasteiger partial charge on any atom is -0.476 e. The Kier molecular flexibility index (Phi) is 3.43. The van der Waals surface area contributed by atoms with Crippen LogP contribution in [0.5, 0.6) is 0 Å². The summed E-state index contributed by atoms with van der Waals surface area (Å²) in [5.41, 5.74) is 1.60. The monoisotopic (exact) mass is 263 g/mol. The summed E-state index contributed by atoms with van der Waals surface area (Å²) in [5.74, 6) is -0.667. The third-order valence-electron chi connectivity index (χ3n) is 2.35. The van der Waals surface area contributed by atoms with E-state index in [1.54, 1.807) is 6.07 Å². The second-order valence-electron chi connectivity index (χ2n) is 3.65. The molecule has 0 amide bonds. The Morgan fingerprint density at radius 2 is 2.11 bits per heavy atom. The normalized spacial score (nSPS) is 10.1. The Bertz CT molecular complexity index is 564. The predicted octanol–water partition coefficient (Wildman–Crippen LogP) is 2.88. The number of rotatable bonds is 3. The summed E-state index contributed by atoms with van der Waals surface area (Å²) >= 11 is 6.06. The predicted molar refractivity (Wildman–Crippen MR) is 68.5 cm³/mol. The molecule has 0 atom stereocenters. The first-order valence-corrected chi connectivity index (χ1v) is 5.53. The molecule has 0 aliphatic rings. The SMILES string of the molecule is Cc1cccc(Cl)c1Nc1cnc(C(=O)O)cn1. The molecule has 0 spiro atoms. The molecule has 5 nitrogen and oxygen atoms in total. The van der Waals surface area contributed by atoms with Crippen molar-refractivity contribution in [1.82, 2.24) is 9.97 Å². The molecule has 0 aliphatic heterocycles. The van der Waals surface area contributed by atoms with Crippen LogP contribution in [0.4, 0.5) is 11.5 Å². The average Bonchev–Trinajstić information content (AvgIpc) is 2.34. The molecule has 0 aliphatic carbocycles. The topological polar surface area (TPSA) is 75.1 Å². The molecule has 0 radical (unpaired) electrons. The van der Waals surface area contributed by atoms with E-state index in [1.807, 2.05) is 19.1 Å². The zero-order chi connectivity index (χ0) is 13.1. The van der Waals surface area contributed by atoms with Crippen LogP contribution in [0.25, 0.3) is 0 Å². The number of halogens is 1. The van der Waals surface area contributed by atoms with Gasteiger partial charge in [0.25, 0.3) is 0 Å². The standard InChI is InChI=1S/C12H10ClN3O2/c1-7-3-2-4-8(13)11(7)16-10-6-14-9(5-15-10)12(17)18/h2-6H,1H3,(H,15,16)(H,17,18). The molecule has 2 N–H and O–H groups in total. The largest absolute Gasteiger partial charge is 0.476 e. The number of aryl methyl sites for hydroxylation is 1. The van der Waals surface area contributed by atoms with Gasteiger partial charge in [0.15, 0.2) is 5.69 Å². The molecule has 6 heteroatoms. The van der Waals surface area contributed by atoms with Crippen LogP contribution in [-0.2, 0) is 0 Å². The fourth-order valence-electron chi connectivity index (χ4n) is 1.42. The Morgan fingerprint density at radius 1 is 1.33 bits per heavy atom. The highest BCUT2D eigenvalue weighted by Gasteiger charge is 2.07. The van der Waals surface area contributed by atoms with Gasteiger partial charge in [0, 0.05) is 0 Å². The maximum atomic E-state index is 10.6. The first kappa shape index (κ1) is 12.3. The highest BCUT2D eigenvalue weighted by atomic mass is 35.5. The van der Waals surface area contributed by atoms with E-state index in [1.165, 1.54) is 12.4 Å². The van der Waals surface area contributed by atoms with Gasteiger partial charge >= 0.3 is 5.97 Å². The van der Waals surface area contributed by atoms with Gasteiger partial charge in [-0.15, -0.1) is 0 Å². The van der Waals surface area contributed by atoms with E-state index >= 15 is 0 Å². The minimum absolute atomic E-state index is 0.101. The highest BCUT2D eigenvalue weighted by Crippen LogP contribution is 2.27. The summed E-state index contributed by atoms with van der Waals surface area (Å²) in [6, 6.07) is 5.52. The molecule has 1 aromatic carbocycles. The summed E-state index contributed by atoms with van der Waals surface area (Å²) < 4.78 is 0. The van der Waals surface area contributed by atoms with Gasteiger partial charge in [-0.2, -0.15) is 0 Å². The van der Waals surface area contributed by atoms with Gasteiger partial charge in [0.1, 0.15) is 5.82 Å². The number of para-hydroxylation sites is 1. The van der Waals surface area contributed by atoms with Crippen LogP contribution in [0, 0.1) is 6.92 Å². The molecular weight excluding hydrogens is 254 g/mol. The van der Waals surface area contributed by atoms with E-state index in [-0.39, 0.29) is 5.69 Å². The van der Waals surface area contributed by atoms with Crippen molar-refractivity contribution in [3.05, 3.63) is 46.9 Å². The smallest absolute Gasteiger partial charge is 0.356 e. The lowest BCUT2D eigenvalue weighted by atomic mass is 10.2. The number of benzene rings is 1. The van der Waals surface area contributed by atoms with E-state index in [0.29, 0.717) is 10.8 Å². The molecule has 0 fully saturated rings. The van der Waals surface area contributed by atoms with Crippen LogP contribution in [-0.4, -0.2) is 21.0 Å². The molecule has 0 saturated heterocycles. The molecule has 92 valence electrons. The van der Waals surface area contributed by atoms with Gasteiger partial charge in [-0.1, -0.05) is 23.7 Å². The summed E-state index contributed by atoms with van der Waals surface area (Å²) in [6.45, 7) is 1.91. The molecule has 0 saturated carbocycles. The van der Waals surface area contributed by atoms with Crippen molar-refractivity contribution in [1.29, 1.82) is 0 Å². The van der Waals surface area contributed by atoms with E-state index in [9.17, 15) is 4.79 Å². The van der Waals surface area contributed by atoms with Gasteiger partial charge in [-0.05, 0) is 18.6 Å². The first-order chi connectivity index (χ1) is 8.58. The molecule has 0 bridgehead atoms. The number of hydrogen-bond acceptors (Lipinski definition) is 4. The van der Waals surface area contributed by atoms with Crippen molar-refractivity contribution >= 4 is 29.1 Å². The van der Waals surface area contributed by atoms with Gasteiger partial charge in [-0.3, -0.25) is 0 Å². The Labute approximate surface area is 108 Å². The number of nitrogens with one attached hydrogen (secondary N) is 1. The quantitative estimate of drug-likeness (QED) is 0.891. The van der Waals surface area contributed by atoms with Crippen molar-refractivity contribution in [3.8, 4) is 0 Å².